The molecule has 1 heterocycles. The summed E-state index contributed by atoms with van der Waals surface area (Å²) in [7, 11) is 1.80. The molecule has 0 aromatic heterocycles. The number of halogens is 1. The Bertz CT molecular complexity index is 634. The molecule has 0 radical (unpaired) electrons. The predicted molar refractivity (Wildman–Crippen MR) is 128 cm³/mol. The van der Waals surface area contributed by atoms with E-state index >= 15 is 0 Å². The second-order valence-corrected chi connectivity index (χ2v) is 10.8. The molecular formula is C25H43ClN2O. The Morgan fingerprint density at radius 2 is 1.62 bits per heavy atom. The van der Waals surface area contributed by atoms with Crippen molar-refractivity contribution in [2.45, 2.75) is 72.8 Å². The van der Waals surface area contributed by atoms with Gasteiger partial charge in [-0.3, -0.25) is 4.90 Å². The van der Waals surface area contributed by atoms with Crippen LogP contribution >= 0.6 is 12.4 Å². The third kappa shape index (κ3) is 6.35. The summed E-state index contributed by atoms with van der Waals surface area (Å²) in [5.41, 5.74) is 5.17. The number of piperazine rings is 1. The van der Waals surface area contributed by atoms with E-state index in [1.165, 1.54) is 56.6 Å². The van der Waals surface area contributed by atoms with Gasteiger partial charge in [-0.05, 0) is 66.2 Å². The topological polar surface area (TPSA) is 15.7 Å². The van der Waals surface area contributed by atoms with E-state index in [0.29, 0.717) is 23.4 Å². The second-order valence-electron chi connectivity index (χ2n) is 10.8. The van der Waals surface area contributed by atoms with E-state index in [2.05, 4.69) is 62.6 Å². The molecule has 2 aliphatic rings. The number of nitrogens with zero attached hydrogens (tertiary/aromatic N) is 2. The highest BCUT2D eigenvalue weighted by atomic mass is 35.5. The molecule has 1 saturated carbocycles. The average molecular weight is 423 g/mol. The first-order valence-corrected chi connectivity index (χ1v) is 11.3. The van der Waals surface area contributed by atoms with Gasteiger partial charge in [-0.2, -0.15) is 0 Å². The van der Waals surface area contributed by atoms with Crippen molar-refractivity contribution in [1.82, 2.24) is 4.90 Å². The summed E-state index contributed by atoms with van der Waals surface area (Å²) in [5, 5.41) is 0. The summed E-state index contributed by atoms with van der Waals surface area (Å²) in [6.07, 6.45) is 5.15. The Hall–Kier alpha value is -0.770. The Kier molecular flexibility index (Phi) is 8.47. The van der Waals surface area contributed by atoms with Gasteiger partial charge in [0.1, 0.15) is 0 Å². The SMILES string of the molecule is CCCN1CCN(c2ccc(COC)cc2C2CC(C)(C)CC(C)(C)C2)CC1.Cl. The van der Waals surface area contributed by atoms with Crippen LogP contribution in [0.1, 0.15) is 77.3 Å². The summed E-state index contributed by atoms with van der Waals surface area (Å²) < 4.78 is 5.46. The maximum Gasteiger partial charge on any atom is 0.0713 e. The molecule has 4 heteroatoms. The number of hydrogen-bond acceptors (Lipinski definition) is 3. The molecule has 3 rings (SSSR count). The summed E-state index contributed by atoms with van der Waals surface area (Å²) >= 11 is 0. The molecule has 1 saturated heterocycles. The molecule has 29 heavy (non-hydrogen) atoms. The van der Waals surface area contributed by atoms with Crippen LogP contribution in [-0.4, -0.2) is 44.7 Å². The smallest absolute Gasteiger partial charge is 0.0713 e. The van der Waals surface area contributed by atoms with Crippen LogP contribution in [0.2, 0.25) is 0 Å². The molecule has 166 valence electrons. The quantitative estimate of drug-likeness (QED) is 0.550. The second kappa shape index (κ2) is 10.0. The number of hydrogen-bond donors (Lipinski definition) is 0. The Balaban J connectivity index is 0.00000300. The van der Waals surface area contributed by atoms with Crippen LogP contribution in [0.25, 0.3) is 0 Å². The van der Waals surface area contributed by atoms with E-state index in [9.17, 15) is 0 Å². The predicted octanol–water partition coefficient (Wildman–Crippen LogP) is 6.11. The maximum absolute atomic E-state index is 5.46. The summed E-state index contributed by atoms with van der Waals surface area (Å²) in [4.78, 5) is 5.26. The minimum Gasteiger partial charge on any atom is -0.380 e. The lowest BCUT2D eigenvalue weighted by Gasteiger charge is -2.46. The zero-order valence-electron chi connectivity index (χ0n) is 19.6. The number of methoxy groups -OCH3 is 1. The molecule has 1 aliphatic carbocycles. The molecule has 3 nitrogen and oxygen atoms in total. The molecule has 1 aliphatic heterocycles. The lowest BCUT2D eigenvalue weighted by atomic mass is 9.60. The zero-order chi connectivity index (χ0) is 20.4. The lowest BCUT2D eigenvalue weighted by molar-refractivity contribution is 0.0969. The fourth-order valence-corrected chi connectivity index (χ4v) is 6.07. The van der Waals surface area contributed by atoms with Gasteiger partial charge in [0.25, 0.3) is 0 Å². The van der Waals surface area contributed by atoms with Gasteiger partial charge in [0, 0.05) is 39.0 Å². The van der Waals surface area contributed by atoms with Crippen molar-refractivity contribution < 1.29 is 4.74 Å². The summed E-state index contributed by atoms with van der Waals surface area (Å²) in [5.74, 6) is 0.638. The van der Waals surface area contributed by atoms with Crippen molar-refractivity contribution in [3.63, 3.8) is 0 Å². The largest absolute Gasteiger partial charge is 0.380 e. The molecule has 0 spiro atoms. The highest BCUT2D eigenvalue weighted by Crippen LogP contribution is 2.53. The molecule has 2 fully saturated rings. The maximum atomic E-state index is 5.46. The Morgan fingerprint density at radius 3 is 2.17 bits per heavy atom. The van der Waals surface area contributed by atoms with Gasteiger partial charge in [0.15, 0.2) is 0 Å². The summed E-state index contributed by atoms with van der Waals surface area (Å²) in [6, 6.07) is 7.12. The molecule has 1 aromatic carbocycles. The molecule has 0 bridgehead atoms. The van der Waals surface area contributed by atoms with Crippen LogP contribution in [0, 0.1) is 10.8 Å². The Labute approximate surface area is 185 Å². The van der Waals surface area contributed by atoms with Gasteiger partial charge in [0.2, 0.25) is 0 Å². The van der Waals surface area contributed by atoms with Crippen LogP contribution in [0.5, 0.6) is 0 Å². The molecule has 0 amide bonds. The van der Waals surface area contributed by atoms with E-state index in [1.807, 2.05) is 0 Å². The number of rotatable bonds is 6. The van der Waals surface area contributed by atoms with Gasteiger partial charge >= 0.3 is 0 Å². The van der Waals surface area contributed by atoms with Crippen molar-refractivity contribution in [2.24, 2.45) is 10.8 Å². The number of benzene rings is 1. The lowest BCUT2D eigenvalue weighted by Crippen LogP contribution is -2.47. The number of anilines is 1. The third-order valence-electron chi connectivity index (χ3n) is 6.65. The highest BCUT2D eigenvalue weighted by molar-refractivity contribution is 5.85. The van der Waals surface area contributed by atoms with Gasteiger partial charge in [0.05, 0.1) is 6.61 Å². The standard InChI is InChI=1S/C25H42N2O.ClH/c1-7-10-26-11-13-27(14-12-26)23-9-8-20(18-28-6)15-22(23)21-16-24(2,3)19-25(4,5)17-21;/h8-9,15,21H,7,10-14,16-19H2,1-6H3;1H. The summed E-state index contributed by atoms with van der Waals surface area (Å²) in [6.45, 7) is 18.7. The van der Waals surface area contributed by atoms with Crippen LogP contribution in [0.4, 0.5) is 5.69 Å². The fraction of sp³-hybridized carbons (Fsp3) is 0.760. The van der Waals surface area contributed by atoms with Crippen LogP contribution in [0.15, 0.2) is 18.2 Å². The molecule has 0 N–H and O–H groups in total. The minimum atomic E-state index is 0. The Morgan fingerprint density at radius 1 is 1.00 bits per heavy atom. The molecule has 0 atom stereocenters. The zero-order valence-corrected chi connectivity index (χ0v) is 20.4. The minimum absolute atomic E-state index is 0. The normalized spacial score (nSPS) is 22.3. The first-order chi connectivity index (χ1) is 13.2. The van der Waals surface area contributed by atoms with E-state index in [4.69, 9.17) is 4.74 Å². The van der Waals surface area contributed by atoms with E-state index in [1.54, 1.807) is 12.7 Å². The first-order valence-electron chi connectivity index (χ1n) is 11.3. The van der Waals surface area contributed by atoms with E-state index < -0.39 is 0 Å². The third-order valence-corrected chi connectivity index (χ3v) is 6.65. The van der Waals surface area contributed by atoms with Crippen LogP contribution in [-0.2, 0) is 11.3 Å². The molecular weight excluding hydrogens is 380 g/mol. The van der Waals surface area contributed by atoms with Crippen molar-refractivity contribution in [1.29, 1.82) is 0 Å². The van der Waals surface area contributed by atoms with Crippen molar-refractivity contribution >= 4 is 18.1 Å². The van der Waals surface area contributed by atoms with Crippen molar-refractivity contribution in [3.05, 3.63) is 29.3 Å². The molecule has 1 aromatic rings. The highest BCUT2D eigenvalue weighted by Gasteiger charge is 2.40. The first kappa shape index (κ1) is 24.5. The van der Waals surface area contributed by atoms with Crippen LogP contribution in [0.3, 0.4) is 0 Å². The van der Waals surface area contributed by atoms with Crippen molar-refractivity contribution in [2.75, 3.05) is 44.7 Å². The average Bonchev–Trinajstić information content (AvgIpc) is 2.60. The van der Waals surface area contributed by atoms with Gasteiger partial charge < -0.3 is 9.64 Å². The monoisotopic (exact) mass is 422 g/mol. The fourth-order valence-electron chi connectivity index (χ4n) is 6.07. The van der Waals surface area contributed by atoms with E-state index in [0.717, 1.165) is 13.1 Å². The van der Waals surface area contributed by atoms with E-state index in [-0.39, 0.29) is 12.4 Å². The van der Waals surface area contributed by atoms with Crippen molar-refractivity contribution in [3.8, 4) is 0 Å². The van der Waals surface area contributed by atoms with Gasteiger partial charge in [-0.15, -0.1) is 12.4 Å². The van der Waals surface area contributed by atoms with Gasteiger partial charge in [-0.25, -0.2) is 0 Å². The van der Waals surface area contributed by atoms with Gasteiger partial charge in [-0.1, -0.05) is 46.8 Å². The molecule has 0 unspecified atom stereocenters. The number of ether oxygens (including phenoxy) is 1. The van der Waals surface area contributed by atoms with Crippen LogP contribution < -0.4 is 4.90 Å².